The molecule has 0 aromatic rings. The quantitative estimate of drug-likeness (QED) is 0.512. The van der Waals surface area contributed by atoms with E-state index in [1.165, 1.54) is 12.5 Å². The summed E-state index contributed by atoms with van der Waals surface area (Å²) >= 11 is 0. The van der Waals surface area contributed by atoms with Crippen molar-refractivity contribution in [3.63, 3.8) is 0 Å². The Bertz CT molecular complexity index is 428. The topological polar surface area (TPSA) is 26.3 Å². The Morgan fingerprint density at radius 1 is 1.53 bits per heavy atom. The SMILES string of the molecule is CC(=O)OC(C)C#CC1=C(C)C=CCC1(C)C. The molecule has 0 fully saturated rings. The Kier molecular flexibility index (Phi) is 4.17. The van der Waals surface area contributed by atoms with Crippen LogP contribution in [0.25, 0.3) is 0 Å². The maximum atomic E-state index is 10.8. The van der Waals surface area contributed by atoms with Gasteiger partial charge in [-0.05, 0) is 25.8 Å². The molecule has 1 atom stereocenters. The molecule has 0 bridgehead atoms. The third kappa shape index (κ3) is 3.78. The Labute approximate surface area is 104 Å². The molecule has 0 saturated carbocycles. The smallest absolute Gasteiger partial charge is 0.303 e. The van der Waals surface area contributed by atoms with Crippen LogP contribution in [0, 0.1) is 17.3 Å². The number of rotatable bonds is 1. The maximum absolute atomic E-state index is 10.8. The molecule has 92 valence electrons. The van der Waals surface area contributed by atoms with Gasteiger partial charge in [0.1, 0.15) is 0 Å². The van der Waals surface area contributed by atoms with E-state index in [1.807, 2.05) is 0 Å². The number of hydrogen-bond acceptors (Lipinski definition) is 2. The van der Waals surface area contributed by atoms with E-state index in [9.17, 15) is 4.79 Å². The highest BCUT2D eigenvalue weighted by Crippen LogP contribution is 2.36. The normalized spacial score (nSPS) is 19.4. The van der Waals surface area contributed by atoms with Crippen LogP contribution in [0.3, 0.4) is 0 Å². The number of carbonyl (C=O) groups is 1. The summed E-state index contributed by atoms with van der Waals surface area (Å²) in [5, 5.41) is 0. The lowest BCUT2D eigenvalue weighted by Crippen LogP contribution is -2.17. The molecule has 1 aliphatic rings. The third-order valence-electron chi connectivity index (χ3n) is 2.81. The average molecular weight is 232 g/mol. The molecule has 17 heavy (non-hydrogen) atoms. The van der Waals surface area contributed by atoms with E-state index >= 15 is 0 Å². The minimum atomic E-state index is -0.352. The zero-order chi connectivity index (χ0) is 13.1. The first-order valence-corrected chi connectivity index (χ1v) is 5.89. The van der Waals surface area contributed by atoms with Gasteiger partial charge in [-0.3, -0.25) is 4.79 Å². The second-order valence-electron chi connectivity index (χ2n) is 5.07. The van der Waals surface area contributed by atoms with E-state index in [-0.39, 0.29) is 17.5 Å². The summed E-state index contributed by atoms with van der Waals surface area (Å²) in [7, 11) is 0. The van der Waals surface area contributed by atoms with Crippen LogP contribution in [0.5, 0.6) is 0 Å². The van der Waals surface area contributed by atoms with Gasteiger partial charge in [0, 0.05) is 17.9 Å². The molecule has 0 amide bonds. The van der Waals surface area contributed by atoms with Crippen molar-refractivity contribution < 1.29 is 9.53 Å². The fourth-order valence-electron chi connectivity index (χ4n) is 1.97. The highest BCUT2D eigenvalue weighted by atomic mass is 16.5. The number of carbonyl (C=O) groups excluding carboxylic acids is 1. The van der Waals surface area contributed by atoms with Crippen molar-refractivity contribution >= 4 is 5.97 Å². The Morgan fingerprint density at radius 2 is 2.18 bits per heavy atom. The van der Waals surface area contributed by atoms with E-state index in [0.29, 0.717) is 0 Å². The van der Waals surface area contributed by atoms with Gasteiger partial charge in [0.15, 0.2) is 6.10 Å². The molecular formula is C15H20O2. The lowest BCUT2D eigenvalue weighted by Gasteiger charge is -2.28. The maximum Gasteiger partial charge on any atom is 0.303 e. The highest BCUT2D eigenvalue weighted by molar-refractivity contribution is 5.66. The Hall–Kier alpha value is -1.49. The van der Waals surface area contributed by atoms with Crippen molar-refractivity contribution in [2.24, 2.45) is 5.41 Å². The van der Waals surface area contributed by atoms with E-state index in [1.54, 1.807) is 6.92 Å². The summed E-state index contributed by atoms with van der Waals surface area (Å²) in [6.45, 7) is 9.62. The summed E-state index contributed by atoms with van der Waals surface area (Å²) in [4.78, 5) is 10.8. The number of hydrogen-bond donors (Lipinski definition) is 0. The van der Waals surface area contributed by atoms with Gasteiger partial charge in [0.25, 0.3) is 0 Å². The first-order valence-electron chi connectivity index (χ1n) is 5.89. The van der Waals surface area contributed by atoms with Crippen molar-refractivity contribution in [2.45, 2.75) is 47.1 Å². The van der Waals surface area contributed by atoms with E-state index in [2.05, 4.69) is 44.8 Å². The molecule has 1 aliphatic carbocycles. The van der Waals surface area contributed by atoms with Crippen molar-refractivity contribution in [1.82, 2.24) is 0 Å². The lowest BCUT2D eigenvalue weighted by molar-refractivity contribution is -0.143. The molecule has 0 aromatic heterocycles. The van der Waals surface area contributed by atoms with Crippen LogP contribution in [0.1, 0.15) is 41.0 Å². The van der Waals surface area contributed by atoms with Crippen LogP contribution < -0.4 is 0 Å². The van der Waals surface area contributed by atoms with Crippen molar-refractivity contribution in [2.75, 3.05) is 0 Å². The van der Waals surface area contributed by atoms with Crippen LogP contribution in [0.2, 0.25) is 0 Å². The molecular weight excluding hydrogens is 212 g/mol. The molecule has 0 heterocycles. The first-order chi connectivity index (χ1) is 7.83. The van der Waals surface area contributed by atoms with Crippen LogP contribution in [0.15, 0.2) is 23.3 Å². The second kappa shape index (κ2) is 5.23. The standard InChI is InChI=1S/C15H20O2/c1-11-7-6-10-15(4,5)14(11)9-8-12(2)17-13(3)16/h6-7,12H,10H2,1-5H3. The number of esters is 1. The zero-order valence-electron chi connectivity index (χ0n) is 11.3. The number of ether oxygens (including phenoxy) is 1. The molecule has 0 radical (unpaired) electrons. The van der Waals surface area contributed by atoms with Crippen LogP contribution in [-0.4, -0.2) is 12.1 Å². The predicted octanol–water partition coefficient (Wildman–Crippen LogP) is 3.24. The molecule has 1 unspecified atom stereocenters. The summed E-state index contributed by atoms with van der Waals surface area (Å²) in [5.74, 6) is 5.86. The van der Waals surface area contributed by atoms with Crippen LogP contribution in [0.4, 0.5) is 0 Å². The van der Waals surface area contributed by atoms with Crippen molar-refractivity contribution in [3.8, 4) is 11.8 Å². The first kappa shape index (κ1) is 13.6. The van der Waals surface area contributed by atoms with Gasteiger partial charge in [-0.25, -0.2) is 0 Å². The van der Waals surface area contributed by atoms with Crippen molar-refractivity contribution in [1.29, 1.82) is 0 Å². The van der Waals surface area contributed by atoms with Gasteiger partial charge in [0.05, 0.1) is 0 Å². The van der Waals surface area contributed by atoms with E-state index < -0.39 is 0 Å². The van der Waals surface area contributed by atoms with Crippen molar-refractivity contribution in [3.05, 3.63) is 23.3 Å². The monoisotopic (exact) mass is 232 g/mol. The molecule has 0 N–H and O–H groups in total. The third-order valence-corrected chi connectivity index (χ3v) is 2.81. The van der Waals surface area contributed by atoms with Gasteiger partial charge >= 0.3 is 5.97 Å². The molecule has 2 heteroatoms. The fraction of sp³-hybridized carbons (Fsp3) is 0.533. The molecule has 0 spiro atoms. The van der Waals surface area contributed by atoms with E-state index in [4.69, 9.17) is 4.74 Å². The summed E-state index contributed by atoms with van der Waals surface area (Å²) in [5.41, 5.74) is 2.41. The summed E-state index contributed by atoms with van der Waals surface area (Å²) < 4.78 is 4.99. The fourth-order valence-corrected chi connectivity index (χ4v) is 1.97. The van der Waals surface area contributed by atoms with Gasteiger partial charge in [-0.2, -0.15) is 0 Å². The molecule has 2 nitrogen and oxygen atoms in total. The van der Waals surface area contributed by atoms with Crippen LogP contribution >= 0.6 is 0 Å². The van der Waals surface area contributed by atoms with Crippen LogP contribution in [-0.2, 0) is 9.53 Å². The average Bonchev–Trinajstić information content (AvgIpc) is 2.14. The largest absolute Gasteiger partial charge is 0.450 e. The number of allylic oxidation sites excluding steroid dienone is 4. The second-order valence-corrected chi connectivity index (χ2v) is 5.07. The lowest BCUT2D eigenvalue weighted by atomic mass is 9.76. The highest BCUT2D eigenvalue weighted by Gasteiger charge is 2.24. The van der Waals surface area contributed by atoms with Gasteiger partial charge in [-0.15, -0.1) is 0 Å². The van der Waals surface area contributed by atoms with Gasteiger partial charge in [-0.1, -0.05) is 37.8 Å². The Balaban J connectivity index is 2.89. The minimum absolute atomic E-state index is 0.0712. The Morgan fingerprint density at radius 3 is 2.71 bits per heavy atom. The molecule has 0 aliphatic heterocycles. The molecule has 1 rings (SSSR count). The van der Waals surface area contributed by atoms with E-state index in [0.717, 1.165) is 12.0 Å². The molecule has 0 saturated heterocycles. The minimum Gasteiger partial charge on any atom is -0.450 e. The summed E-state index contributed by atoms with van der Waals surface area (Å²) in [6, 6.07) is 0. The van der Waals surface area contributed by atoms with Gasteiger partial charge in [0.2, 0.25) is 0 Å². The predicted molar refractivity (Wildman–Crippen MR) is 69.2 cm³/mol. The zero-order valence-corrected chi connectivity index (χ0v) is 11.3. The van der Waals surface area contributed by atoms with Gasteiger partial charge < -0.3 is 4.74 Å². The summed E-state index contributed by atoms with van der Waals surface area (Å²) in [6.07, 6.45) is 4.92. The molecule has 0 aromatic carbocycles.